The zero-order valence-corrected chi connectivity index (χ0v) is 9.38. The number of aryl methyl sites for hydroxylation is 1. The Hall–Kier alpha value is -0.610. The Morgan fingerprint density at radius 3 is 2.64 bits per heavy atom. The first-order valence-electron chi connectivity index (χ1n) is 4.67. The molecule has 1 aromatic heterocycles. The maximum atomic E-state index is 5.99. The molecule has 0 aliphatic carbocycles. The normalized spacial score (nSPS) is 25.6. The lowest BCUT2D eigenvalue weighted by Crippen LogP contribution is -2.26. The molecule has 1 atom stereocenters. The van der Waals surface area contributed by atoms with Crippen molar-refractivity contribution in [3.8, 4) is 0 Å². The van der Waals surface area contributed by atoms with Gasteiger partial charge in [0.1, 0.15) is 5.82 Å². The van der Waals surface area contributed by atoms with E-state index < -0.39 is 0 Å². The molecule has 0 radical (unpaired) electrons. The van der Waals surface area contributed by atoms with Crippen molar-refractivity contribution in [2.75, 3.05) is 13.2 Å². The molecule has 0 N–H and O–H groups in total. The van der Waals surface area contributed by atoms with Gasteiger partial charge in [0.15, 0.2) is 0 Å². The van der Waals surface area contributed by atoms with Gasteiger partial charge in [0.05, 0.1) is 19.3 Å². The third kappa shape index (κ3) is 1.42. The third-order valence-corrected chi connectivity index (χ3v) is 3.05. The van der Waals surface area contributed by atoms with E-state index >= 15 is 0 Å². The Kier molecular flexibility index (Phi) is 2.27. The molecule has 2 heterocycles. The smallest absolute Gasteiger partial charge is 0.225 e. The topological polar surface area (TPSA) is 39.9 Å². The number of hydrogen-bond acceptors (Lipinski definition) is 3. The van der Waals surface area contributed by atoms with Crippen molar-refractivity contribution in [1.82, 2.24) is 14.8 Å². The highest BCUT2D eigenvalue weighted by molar-refractivity contribution is 6.28. The molecule has 0 aromatic carbocycles. The van der Waals surface area contributed by atoms with Crippen LogP contribution in [0.3, 0.4) is 0 Å². The molecule has 0 saturated carbocycles. The molecule has 0 bridgehead atoms. The monoisotopic (exact) mass is 215 g/mol. The number of aromatic nitrogens is 3. The second-order valence-corrected chi connectivity index (χ2v) is 4.74. The SMILES string of the molecule is Cc1nnc(Cl)n1C1COCC1(C)C. The highest BCUT2D eigenvalue weighted by Gasteiger charge is 2.38. The van der Waals surface area contributed by atoms with E-state index in [1.807, 2.05) is 11.5 Å². The summed E-state index contributed by atoms with van der Waals surface area (Å²) < 4.78 is 7.42. The molecule has 1 aromatic rings. The van der Waals surface area contributed by atoms with Crippen LogP contribution in [0, 0.1) is 12.3 Å². The van der Waals surface area contributed by atoms with E-state index in [9.17, 15) is 0 Å². The van der Waals surface area contributed by atoms with E-state index in [4.69, 9.17) is 16.3 Å². The summed E-state index contributed by atoms with van der Waals surface area (Å²) >= 11 is 5.99. The minimum Gasteiger partial charge on any atom is -0.379 e. The second-order valence-electron chi connectivity index (χ2n) is 4.41. The minimum atomic E-state index is 0.0940. The molecule has 1 unspecified atom stereocenters. The van der Waals surface area contributed by atoms with E-state index in [-0.39, 0.29) is 11.5 Å². The van der Waals surface area contributed by atoms with Gasteiger partial charge < -0.3 is 4.74 Å². The molecular formula is C9H14ClN3O. The standard InChI is InChI=1S/C9H14ClN3O/c1-6-11-12-8(10)13(6)7-4-14-5-9(7,2)3/h7H,4-5H2,1-3H3. The lowest BCUT2D eigenvalue weighted by Gasteiger charge is -2.26. The molecule has 14 heavy (non-hydrogen) atoms. The average Bonchev–Trinajstić information content (AvgIpc) is 2.57. The zero-order chi connectivity index (χ0) is 10.3. The van der Waals surface area contributed by atoms with Gasteiger partial charge >= 0.3 is 0 Å². The van der Waals surface area contributed by atoms with Gasteiger partial charge in [-0.2, -0.15) is 0 Å². The van der Waals surface area contributed by atoms with Crippen LogP contribution in [0.4, 0.5) is 0 Å². The van der Waals surface area contributed by atoms with E-state index in [1.54, 1.807) is 0 Å². The van der Waals surface area contributed by atoms with Crippen LogP contribution in [0.1, 0.15) is 25.7 Å². The van der Waals surface area contributed by atoms with Gasteiger partial charge in [-0.3, -0.25) is 4.57 Å². The predicted molar refractivity (Wildman–Crippen MR) is 53.4 cm³/mol. The Bertz CT molecular complexity index is 328. The number of nitrogens with zero attached hydrogens (tertiary/aromatic N) is 3. The van der Waals surface area contributed by atoms with Gasteiger partial charge in [0.2, 0.25) is 5.28 Å². The quantitative estimate of drug-likeness (QED) is 0.718. The van der Waals surface area contributed by atoms with Crippen molar-refractivity contribution in [3.05, 3.63) is 11.1 Å². The summed E-state index contributed by atoms with van der Waals surface area (Å²) in [5, 5.41) is 8.25. The minimum absolute atomic E-state index is 0.0940. The highest BCUT2D eigenvalue weighted by Crippen LogP contribution is 2.38. The van der Waals surface area contributed by atoms with Crippen molar-refractivity contribution in [1.29, 1.82) is 0 Å². The van der Waals surface area contributed by atoms with Gasteiger partial charge in [-0.05, 0) is 18.5 Å². The number of ether oxygens (including phenoxy) is 1. The summed E-state index contributed by atoms with van der Waals surface area (Å²) in [5.74, 6) is 0.846. The zero-order valence-electron chi connectivity index (χ0n) is 8.62. The third-order valence-electron chi connectivity index (χ3n) is 2.79. The first-order chi connectivity index (χ1) is 6.52. The number of hydrogen-bond donors (Lipinski definition) is 0. The molecule has 78 valence electrons. The summed E-state index contributed by atoms with van der Waals surface area (Å²) in [5.41, 5.74) is 0.0940. The van der Waals surface area contributed by atoms with Crippen molar-refractivity contribution in [2.45, 2.75) is 26.8 Å². The fourth-order valence-electron chi connectivity index (χ4n) is 1.88. The first-order valence-corrected chi connectivity index (χ1v) is 5.05. The summed E-state index contributed by atoms with van der Waals surface area (Å²) in [4.78, 5) is 0. The van der Waals surface area contributed by atoms with E-state index in [0.717, 1.165) is 12.4 Å². The number of rotatable bonds is 1. The van der Waals surface area contributed by atoms with E-state index in [2.05, 4.69) is 24.0 Å². The van der Waals surface area contributed by atoms with Crippen LogP contribution in [0.5, 0.6) is 0 Å². The molecule has 1 saturated heterocycles. The average molecular weight is 216 g/mol. The van der Waals surface area contributed by atoms with Gasteiger partial charge in [0, 0.05) is 5.41 Å². The molecule has 1 aliphatic heterocycles. The van der Waals surface area contributed by atoms with Crippen molar-refractivity contribution in [3.63, 3.8) is 0 Å². The molecule has 4 nitrogen and oxygen atoms in total. The summed E-state index contributed by atoms with van der Waals surface area (Å²) in [6.45, 7) is 7.69. The maximum Gasteiger partial charge on any atom is 0.225 e. The fraction of sp³-hybridized carbons (Fsp3) is 0.778. The van der Waals surface area contributed by atoms with Gasteiger partial charge in [-0.25, -0.2) is 0 Å². The molecule has 0 amide bonds. The molecule has 1 fully saturated rings. The molecule has 1 aliphatic rings. The van der Waals surface area contributed by atoms with Crippen LogP contribution < -0.4 is 0 Å². The van der Waals surface area contributed by atoms with Crippen LogP contribution in [-0.4, -0.2) is 28.0 Å². The van der Waals surface area contributed by atoms with E-state index in [1.165, 1.54) is 0 Å². The van der Waals surface area contributed by atoms with Crippen LogP contribution in [0.15, 0.2) is 0 Å². The molecule has 2 rings (SSSR count). The van der Waals surface area contributed by atoms with Crippen molar-refractivity contribution in [2.24, 2.45) is 5.41 Å². The summed E-state index contributed by atoms with van der Waals surface area (Å²) in [7, 11) is 0. The van der Waals surface area contributed by atoms with Crippen molar-refractivity contribution < 1.29 is 4.74 Å². The molecular weight excluding hydrogens is 202 g/mol. The Morgan fingerprint density at radius 2 is 2.21 bits per heavy atom. The highest BCUT2D eigenvalue weighted by atomic mass is 35.5. The van der Waals surface area contributed by atoms with Gasteiger partial charge in [-0.1, -0.05) is 13.8 Å². The summed E-state index contributed by atoms with van der Waals surface area (Å²) in [6, 6.07) is 0.241. The van der Waals surface area contributed by atoms with E-state index in [0.29, 0.717) is 11.9 Å². The Labute approximate surface area is 88.2 Å². The van der Waals surface area contributed by atoms with Crippen LogP contribution in [0.2, 0.25) is 5.28 Å². The van der Waals surface area contributed by atoms with Gasteiger partial charge in [0.25, 0.3) is 0 Å². The Balaban J connectivity index is 2.40. The summed E-state index contributed by atoms with van der Waals surface area (Å²) in [6.07, 6.45) is 0. The molecule has 5 heteroatoms. The second kappa shape index (κ2) is 3.21. The van der Waals surface area contributed by atoms with Gasteiger partial charge in [-0.15, -0.1) is 10.2 Å². The lowest BCUT2D eigenvalue weighted by atomic mass is 9.88. The van der Waals surface area contributed by atoms with Crippen LogP contribution in [-0.2, 0) is 4.74 Å². The predicted octanol–water partition coefficient (Wildman–Crippen LogP) is 1.84. The van der Waals surface area contributed by atoms with Crippen molar-refractivity contribution >= 4 is 11.6 Å². The maximum absolute atomic E-state index is 5.99. The fourth-order valence-corrected chi connectivity index (χ4v) is 2.15. The largest absolute Gasteiger partial charge is 0.379 e. The Morgan fingerprint density at radius 1 is 1.50 bits per heavy atom. The first kappa shape index (κ1) is 9.93. The lowest BCUT2D eigenvalue weighted by molar-refractivity contribution is 0.166. The van der Waals surface area contributed by atoms with Crippen LogP contribution in [0.25, 0.3) is 0 Å². The van der Waals surface area contributed by atoms with Crippen LogP contribution >= 0.6 is 11.6 Å². The number of halogens is 1. The molecule has 0 spiro atoms.